The highest BCUT2D eigenvalue weighted by molar-refractivity contribution is 5.77. The molecule has 3 rings (SSSR count). The molecule has 0 bridgehead atoms. The van der Waals surface area contributed by atoms with Crippen molar-refractivity contribution < 1.29 is 14.3 Å². The van der Waals surface area contributed by atoms with Crippen LogP contribution in [0.1, 0.15) is 0 Å². The van der Waals surface area contributed by atoms with E-state index in [1.807, 2.05) is 41.3 Å². The predicted octanol–water partition coefficient (Wildman–Crippen LogP) is 1.46. The van der Waals surface area contributed by atoms with Crippen molar-refractivity contribution in [2.75, 3.05) is 58.0 Å². The van der Waals surface area contributed by atoms with Crippen LogP contribution >= 0.6 is 0 Å². The Morgan fingerprint density at radius 1 is 1.08 bits per heavy atom. The number of hydrogen-bond acceptors (Lipinski definition) is 6. The van der Waals surface area contributed by atoms with E-state index in [4.69, 9.17) is 9.47 Å². The Labute approximate surface area is 153 Å². The maximum Gasteiger partial charge on any atom is 0.248 e. The summed E-state index contributed by atoms with van der Waals surface area (Å²) in [5.41, 5.74) is 1.97. The van der Waals surface area contributed by atoms with Crippen molar-refractivity contribution in [2.45, 2.75) is 0 Å². The lowest BCUT2D eigenvalue weighted by atomic mass is 10.1. The number of ether oxygens (including phenoxy) is 2. The van der Waals surface area contributed by atoms with E-state index in [1.54, 1.807) is 13.3 Å². The summed E-state index contributed by atoms with van der Waals surface area (Å²) in [4.78, 5) is 25.2. The van der Waals surface area contributed by atoms with Crippen LogP contribution < -0.4 is 4.90 Å². The van der Waals surface area contributed by atoms with Crippen LogP contribution in [0.15, 0.2) is 42.6 Å². The molecule has 2 heterocycles. The summed E-state index contributed by atoms with van der Waals surface area (Å²) in [5, 5.41) is 0. The van der Waals surface area contributed by atoms with E-state index in [2.05, 4.69) is 14.9 Å². The van der Waals surface area contributed by atoms with Crippen LogP contribution in [0.25, 0.3) is 11.3 Å². The number of benzene rings is 1. The molecule has 1 aliphatic rings. The molecule has 1 aromatic heterocycles. The monoisotopic (exact) mass is 356 g/mol. The lowest BCUT2D eigenvalue weighted by Gasteiger charge is -2.34. The van der Waals surface area contributed by atoms with E-state index in [1.165, 1.54) is 0 Å². The second-order valence-corrected chi connectivity index (χ2v) is 6.02. The lowest BCUT2D eigenvalue weighted by Crippen LogP contribution is -2.50. The number of rotatable bonds is 7. The Balaban J connectivity index is 1.54. The minimum atomic E-state index is 0.0136. The van der Waals surface area contributed by atoms with Crippen molar-refractivity contribution in [3.05, 3.63) is 42.6 Å². The first-order valence-corrected chi connectivity index (χ1v) is 8.76. The van der Waals surface area contributed by atoms with Crippen LogP contribution in [0.2, 0.25) is 0 Å². The van der Waals surface area contributed by atoms with Crippen molar-refractivity contribution in [1.29, 1.82) is 0 Å². The first-order valence-electron chi connectivity index (χ1n) is 8.76. The van der Waals surface area contributed by atoms with Crippen molar-refractivity contribution in [3.8, 4) is 11.3 Å². The van der Waals surface area contributed by atoms with Gasteiger partial charge in [0, 0.05) is 45.0 Å². The van der Waals surface area contributed by atoms with Gasteiger partial charge in [-0.3, -0.25) is 4.79 Å². The molecule has 0 spiro atoms. The number of methoxy groups -OCH3 is 1. The van der Waals surface area contributed by atoms with Gasteiger partial charge in [-0.25, -0.2) is 9.97 Å². The third kappa shape index (κ3) is 4.77. The quantitative estimate of drug-likeness (QED) is 0.700. The summed E-state index contributed by atoms with van der Waals surface area (Å²) < 4.78 is 10.2. The summed E-state index contributed by atoms with van der Waals surface area (Å²) in [5.74, 6) is 0.717. The van der Waals surface area contributed by atoms with Crippen LogP contribution in [0, 0.1) is 0 Å². The molecule has 0 radical (unpaired) electrons. The van der Waals surface area contributed by atoms with Gasteiger partial charge in [-0.1, -0.05) is 30.3 Å². The topological polar surface area (TPSA) is 67.8 Å². The molecule has 0 saturated carbocycles. The van der Waals surface area contributed by atoms with Gasteiger partial charge in [-0.05, 0) is 6.07 Å². The summed E-state index contributed by atoms with van der Waals surface area (Å²) in [6, 6.07) is 12.0. The summed E-state index contributed by atoms with van der Waals surface area (Å²) >= 11 is 0. The third-order valence-electron chi connectivity index (χ3n) is 4.28. The Morgan fingerprint density at radius 3 is 2.58 bits per heavy atom. The number of nitrogens with zero attached hydrogens (tertiary/aromatic N) is 4. The van der Waals surface area contributed by atoms with E-state index < -0.39 is 0 Å². The molecule has 26 heavy (non-hydrogen) atoms. The molecule has 0 N–H and O–H groups in total. The first kappa shape index (κ1) is 18.3. The number of anilines is 1. The molecule has 0 aliphatic carbocycles. The van der Waals surface area contributed by atoms with E-state index >= 15 is 0 Å². The summed E-state index contributed by atoms with van der Waals surface area (Å²) in [6.45, 7) is 3.74. The van der Waals surface area contributed by atoms with Crippen LogP contribution in [0.3, 0.4) is 0 Å². The van der Waals surface area contributed by atoms with Gasteiger partial charge in [0.25, 0.3) is 0 Å². The van der Waals surface area contributed by atoms with Crippen LogP contribution in [0.5, 0.6) is 0 Å². The number of aromatic nitrogens is 2. The SMILES string of the molecule is COCCOCC(=O)N1CCN(c2nccc(-c3ccccc3)n2)CC1. The Morgan fingerprint density at radius 2 is 1.85 bits per heavy atom. The van der Waals surface area contributed by atoms with Crippen molar-refractivity contribution in [2.24, 2.45) is 0 Å². The van der Waals surface area contributed by atoms with Gasteiger partial charge in [0.1, 0.15) is 6.61 Å². The molecule has 7 heteroatoms. The Kier molecular flexibility index (Phi) is 6.51. The van der Waals surface area contributed by atoms with Crippen LogP contribution in [0.4, 0.5) is 5.95 Å². The molecule has 2 aromatic rings. The van der Waals surface area contributed by atoms with E-state index in [9.17, 15) is 4.79 Å². The van der Waals surface area contributed by atoms with Gasteiger partial charge >= 0.3 is 0 Å². The zero-order chi connectivity index (χ0) is 18.2. The zero-order valence-electron chi connectivity index (χ0n) is 15.0. The van der Waals surface area contributed by atoms with Crippen LogP contribution in [-0.4, -0.2) is 73.9 Å². The van der Waals surface area contributed by atoms with E-state index in [-0.39, 0.29) is 12.5 Å². The Hall–Kier alpha value is -2.51. The standard InChI is InChI=1S/C19H24N4O3/c1-25-13-14-26-15-18(24)22-9-11-23(12-10-22)19-20-8-7-17(21-19)16-5-3-2-4-6-16/h2-8H,9-15H2,1H3. The largest absolute Gasteiger partial charge is 0.382 e. The number of amides is 1. The van der Waals surface area contributed by atoms with Crippen molar-refractivity contribution in [3.63, 3.8) is 0 Å². The average Bonchev–Trinajstić information content (AvgIpc) is 2.72. The van der Waals surface area contributed by atoms with Gasteiger partial charge in [0.2, 0.25) is 11.9 Å². The maximum absolute atomic E-state index is 12.2. The number of piperazine rings is 1. The highest BCUT2D eigenvalue weighted by atomic mass is 16.5. The second-order valence-electron chi connectivity index (χ2n) is 6.02. The number of carbonyl (C=O) groups is 1. The molecule has 0 atom stereocenters. The molecule has 138 valence electrons. The smallest absolute Gasteiger partial charge is 0.248 e. The molecule has 1 aromatic carbocycles. The van der Waals surface area contributed by atoms with Crippen molar-refractivity contribution >= 4 is 11.9 Å². The molecule has 0 unspecified atom stereocenters. The second kappa shape index (κ2) is 9.26. The minimum Gasteiger partial charge on any atom is -0.382 e. The van der Waals surface area contributed by atoms with Gasteiger partial charge in [0.15, 0.2) is 0 Å². The molecule has 1 amide bonds. The van der Waals surface area contributed by atoms with E-state index in [0.29, 0.717) is 45.3 Å². The molecular formula is C19H24N4O3. The molecule has 1 saturated heterocycles. The van der Waals surface area contributed by atoms with Gasteiger partial charge in [0.05, 0.1) is 18.9 Å². The fourth-order valence-electron chi connectivity index (χ4n) is 2.82. The first-order chi connectivity index (χ1) is 12.8. The summed E-state index contributed by atoms with van der Waals surface area (Å²) in [7, 11) is 1.61. The molecule has 7 nitrogen and oxygen atoms in total. The highest BCUT2D eigenvalue weighted by Gasteiger charge is 2.22. The average molecular weight is 356 g/mol. The zero-order valence-corrected chi connectivity index (χ0v) is 15.0. The van der Waals surface area contributed by atoms with Crippen molar-refractivity contribution in [1.82, 2.24) is 14.9 Å². The third-order valence-corrected chi connectivity index (χ3v) is 4.28. The molecular weight excluding hydrogens is 332 g/mol. The normalized spacial score (nSPS) is 14.5. The van der Waals surface area contributed by atoms with Gasteiger partial charge in [-0.15, -0.1) is 0 Å². The Bertz CT molecular complexity index is 703. The molecule has 1 aliphatic heterocycles. The highest BCUT2D eigenvalue weighted by Crippen LogP contribution is 2.19. The number of hydrogen-bond donors (Lipinski definition) is 0. The maximum atomic E-state index is 12.2. The van der Waals surface area contributed by atoms with Gasteiger partial charge in [-0.2, -0.15) is 0 Å². The number of carbonyl (C=O) groups excluding carboxylic acids is 1. The molecule has 1 fully saturated rings. The summed E-state index contributed by atoms with van der Waals surface area (Å²) in [6.07, 6.45) is 1.78. The fourth-order valence-corrected chi connectivity index (χ4v) is 2.82. The minimum absolute atomic E-state index is 0.0136. The van der Waals surface area contributed by atoms with Crippen LogP contribution in [-0.2, 0) is 14.3 Å². The van der Waals surface area contributed by atoms with Gasteiger partial charge < -0.3 is 19.3 Å². The lowest BCUT2D eigenvalue weighted by molar-refractivity contribution is -0.136. The van der Waals surface area contributed by atoms with E-state index in [0.717, 1.165) is 11.3 Å². The predicted molar refractivity (Wildman–Crippen MR) is 99.0 cm³/mol. The fraction of sp³-hybridized carbons (Fsp3) is 0.421.